The standard InChI is InChI=1S/C23H48NO3P/c1-4-7-10-11-12-13-14-17-20-24-23(18-15-16-19-23)28(25,26-21-8-5-2)27-22-9-6-3/h24H,4-22H2,1-3H3. The van der Waals surface area contributed by atoms with Gasteiger partial charge in [-0.3, -0.25) is 4.57 Å². The van der Waals surface area contributed by atoms with Gasteiger partial charge in [-0.25, -0.2) is 0 Å². The summed E-state index contributed by atoms with van der Waals surface area (Å²) in [5.74, 6) is 0. The van der Waals surface area contributed by atoms with Gasteiger partial charge in [-0.2, -0.15) is 0 Å². The molecule has 0 aromatic carbocycles. The van der Waals surface area contributed by atoms with Crippen LogP contribution < -0.4 is 5.32 Å². The van der Waals surface area contributed by atoms with Crippen LogP contribution in [-0.2, 0) is 13.6 Å². The molecule has 0 aliphatic heterocycles. The second kappa shape index (κ2) is 15.9. The van der Waals surface area contributed by atoms with Gasteiger partial charge in [-0.05, 0) is 38.6 Å². The SMILES string of the molecule is CCCCCCCCCCNC1(P(=O)(OCCCC)OCCCC)CCCC1. The van der Waals surface area contributed by atoms with Gasteiger partial charge >= 0.3 is 7.60 Å². The lowest BCUT2D eigenvalue weighted by molar-refractivity contribution is 0.169. The van der Waals surface area contributed by atoms with E-state index in [1.807, 2.05) is 0 Å². The van der Waals surface area contributed by atoms with Gasteiger partial charge < -0.3 is 14.4 Å². The highest BCUT2D eigenvalue weighted by atomic mass is 31.2. The first-order chi connectivity index (χ1) is 13.6. The highest BCUT2D eigenvalue weighted by Gasteiger charge is 2.52. The summed E-state index contributed by atoms with van der Waals surface area (Å²) in [7, 11) is -3.14. The van der Waals surface area contributed by atoms with Gasteiger partial charge in [0.05, 0.1) is 13.2 Å². The van der Waals surface area contributed by atoms with Crippen molar-refractivity contribution >= 4 is 7.60 Å². The molecule has 0 saturated heterocycles. The lowest BCUT2D eigenvalue weighted by Gasteiger charge is -2.37. The van der Waals surface area contributed by atoms with E-state index in [0.717, 1.165) is 64.3 Å². The van der Waals surface area contributed by atoms with Gasteiger partial charge in [-0.15, -0.1) is 0 Å². The monoisotopic (exact) mass is 417 g/mol. The molecule has 0 aromatic heterocycles. The summed E-state index contributed by atoms with van der Waals surface area (Å²) in [6.07, 6.45) is 18.5. The predicted octanol–water partition coefficient (Wildman–Crippen LogP) is 7.81. The summed E-state index contributed by atoms with van der Waals surface area (Å²) in [6.45, 7) is 8.55. The minimum Gasteiger partial charge on any atom is -0.307 e. The van der Waals surface area contributed by atoms with Gasteiger partial charge in [0.15, 0.2) is 0 Å². The van der Waals surface area contributed by atoms with Crippen molar-refractivity contribution in [1.29, 1.82) is 0 Å². The fourth-order valence-corrected chi connectivity index (χ4v) is 6.51. The lowest BCUT2D eigenvalue weighted by Crippen LogP contribution is -2.44. The molecule has 1 fully saturated rings. The van der Waals surface area contributed by atoms with Crippen LogP contribution in [0.4, 0.5) is 0 Å². The number of nitrogens with one attached hydrogen (secondary N) is 1. The molecule has 28 heavy (non-hydrogen) atoms. The van der Waals surface area contributed by atoms with E-state index < -0.39 is 12.9 Å². The summed E-state index contributed by atoms with van der Waals surface area (Å²) in [5.41, 5.74) is 0. The maximum absolute atomic E-state index is 13.8. The van der Waals surface area contributed by atoms with Crippen molar-refractivity contribution in [2.45, 2.75) is 129 Å². The van der Waals surface area contributed by atoms with Gasteiger partial charge in [0, 0.05) is 0 Å². The highest BCUT2D eigenvalue weighted by molar-refractivity contribution is 7.55. The highest BCUT2D eigenvalue weighted by Crippen LogP contribution is 2.64. The van der Waals surface area contributed by atoms with E-state index in [-0.39, 0.29) is 0 Å². The van der Waals surface area contributed by atoms with Crippen LogP contribution >= 0.6 is 7.60 Å². The smallest absolute Gasteiger partial charge is 0.307 e. The fraction of sp³-hybridized carbons (Fsp3) is 1.00. The van der Waals surface area contributed by atoms with Gasteiger partial charge in [0.1, 0.15) is 5.28 Å². The van der Waals surface area contributed by atoms with E-state index in [4.69, 9.17) is 9.05 Å². The third-order valence-electron chi connectivity index (χ3n) is 5.96. The Balaban J connectivity index is 2.50. The average Bonchev–Trinajstić information content (AvgIpc) is 3.18. The molecule has 0 unspecified atom stereocenters. The second-order valence-electron chi connectivity index (χ2n) is 8.51. The summed E-state index contributed by atoms with van der Waals surface area (Å²) in [5, 5.41) is 3.24. The van der Waals surface area contributed by atoms with Crippen LogP contribution in [0, 0.1) is 0 Å². The maximum atomic E-state index is 13.8. The van der Waals surface area contributed by atoms with Crippen molar-refractivity contribution in [3.05, 3.63) is 0 Å². The molecular weight excluding hydrogens is 369 g/mol. The first kappa shape index (κ1) is 26.1. The van der Waals surface area contributed by atoms with Crippen molar-refractivity contribution in [2.24, 2.45) is 0 Å². The number of hydrogen-bond acceptors (Lipinski definition) is 4. The Labute approximate surface area is 175 Å². The lowest BCUT2D eigenvalue weighted by atomic mass is 10.1. The molecule has 1 saturated carbocycles. The quantitative estimate of drug-likeness (QED) is 0.172. The summed E-state index contributed by atoms with van der Waals surface area (Å²) in [6, 6.07) is 0. The third kappa shape index (κ3) is 9.28. The summed E-state index contributed by atoms with van der Waals surface area (Å²) < 4.78 is 25.9. The molecule has 0 bridgehead atoms. The zero-order valence-corrected chi connectivity index (χ0v) is 20.0. The molecule has 1 rings (SSSR count). The first-order valence-corrected chi connectivity index (χ1v) is 13.8. The van der Waals surface area contributed by atoms with Crippen molar-refractivity contribution in [2.75, 3.05) is 19.8 Å². The zero-order valence-electron chi connectivity index (χ0n) is 19.1. The molecule has 1 aliphatic carbocycles. The van der Waals surface area contributed by atoms with Crippen LogP contribution in [0.15, 0.2) is 0 Å². The minimum absolute atomic E-state index is 0.449. The van der Waals surface area contributed by atoms with Crippen molar-refractivity contribution < 1.29 is 13.6 Å². The molecule has 0 radical (unpaired) electrons. The molecule has 0 amide bonds. The van der Waals surface area contributed by atoms with E-state index in [1.165, 1.54) is 44.9 Å². The number of rotatable bonds is 19. The summed E-state index contributed by atoms with van der Waals surface area (Å²) >= 11 is 0. The molecule has 1 aliphatic rings. The molecule has 168 valence electrons. The van der Waals surface area contributed by atoms with Gasteiger partial charge in [0.25, 0.3) is 0 Å². The largest absolute Gasteiger partial charge is 0.350 e. The van der Waals surface area contributed by atoms with Crippen molar-refractivity contribution in [1.82, 2.24) is 5.32 Å². The van der Waals surface area contributed by atoms with E-state index in [9.17, 15) is 4.57 Å². The normalized spacial score (nSPS) is 16.7. The van der Waals surface area contributed by atoms with E-state index in [1.54, 1.807) is 0 Å². The molecular formula is C23H48NO3P. The Morgan fingerprint density at radius 2 is 1.18 bits per heavy atom. The van der Waals surface area contributed by atoms with Crippen LogP contribution in [0.2, 0.25) is 0 Å². The van der Waals surface area contributed by atoms with Gasteiger partial charge in [-0.1, -0.05) is 91.4 Å². The molecule has 0 heterocycles. The molecule has 1 N–H and O–H groups in total. The summed E-state index contributed by atoms with van der Waals surface area (Å²) in [4.78, 5) is 0. The van der Waals surface area contributed by atoms with Crippen LogP contribution in [0.1, 0.15) is 124 Å². The van der Waals surface area contributed by atoms with Crippen LogP contribution in [0.3, 0.4) is 0 Å². The topological polar surface area (TPSA) is 47.6 Å². The van der Waals surface area contributed by atoms with E-state index >= 15 is 0 Å². The number of hydrogen-bond donors (Lipinski definition) is 1. The Morgan fingerprint density at radius 3 is 1.68 bits per heavy atom. The van der Waals surface area contributed by atoms with Gasteiger partial charge in [0.2, 0.25) is 0 Å². The van der Waals surface area contributed by atoms with Crippen molar-refractivity contribution in [3.8, 4) is 0 Å². The zero-order chi connectivity index (χ0) is 20.6. The number of unbranched alkanes of at least 4 members (excludes halogenated alkanes) is 9. The Morgan fingerprint density at radius 1 is 0.714 bits per heavy atom. The van der Waals surface area contributed by atoms with E-state index in [2.05, 4.69) is 26.1 Å². The average molecular weight is 418 g/mol. The first-order valence-electron chi connectivity index (χ1n) is 12.3. The Hall–Kier alpha value is 0.110. The Kier molecular flexibility index (Phi) is 14.8. The third-order valence-corrected chi connectivity index (χ3v) is 8.66. The minimum atomic E-state index is -3.14. The fourth-order valence-electron chi connectivity index (χ4n) is 4.03. The van der Waals surface area contributed by atoms with Crippen molar-refractivity contribution in [3.63, 3.8) is 0 Å². The molecule has 4 nitrogen and oxygen atoms in total. The maximum Gasteiger partial charge on any atom is 0.350 e. The molecule has 5 heteroatoms. The van der Waals surface area contributed by atoms with Crippen LogP contribution in [0.25, 0.3) is 0 Å². The Bertz CT molecular complexity index is 397. The predicted molar refractivity (Wildman–Crippen MR) is 121 cm³/mol. The van der Waals surface area contributed by atoms with E-state index in [0.29, 0.717) is 13.2 Å². The molecule has 0 spiro atoms. The van der Waals surface area contributed by atoms with Crippen LogP contribution in [0.5, 0.6) is 0 Å². The second-order valence-corrected chi connectivity index (χ2v) is 10.9. The molecule has 0 aromatic rings. The molecule has 0 atom stereocenters. The van der Waals surface area contributed by atoms with Crippen LogP contribution in [-0.4, -0.2) is 25.0 Å².